The number of amides is 1. The van der Waals surface area contributed by atoms with Crippen LogP contribution in [0.2, 0.25) is 0 Å². The first kappa shape index (κ1) is 19.7. The van der Waals surface area contributed by atoms with E-state index in [1.807, 2.05) is 66.4 Å². The number of thioether (sulfide) groups is 1. The Bertz CT molecular complexity index is 757. The smallest absolute Gasteiger partial charge is 0.248 e. The van der Waals surface area contributed by atoms with Crippen molar-refractivity contribution in [2.75, 3.05) is 31.5 Å². The van der Waals surface area contributed by atoms with Crippen LogP contribution in [0.25, 0.3) is 6.08 Å². The van der Waals surface area contributed by atoms with E-state index in [0.29, 0.717) is 5.37 Å². The molecule has 5 heteroatoms. The monoisotopic (exact) mass is 381 g/mol. The highest BCUT2D eigenvalue weighted by Crippen LogP contribution is 2.33. The lowest BCUT2D eigenvalue weighted by Crippen LogP contribution is -2.47. The van der Waals surface area contributed by atoms with Gasteiger partial charge in [-0.3, -0.25) is 9.69 Å². The van der Waals surface area contributed by atoms with Crippen LogP contribution in [0.3, 0.4) is 0 Å². The van der Waals surface area contributed by atoms with Crippen molar-refractivity contribution in [1.29, 1.82) is 0 Å². The first-order valence-corrected chi connectivity index (χ1v) is 10.4. The molecular weight excluding hydrogens is 354 g/mol. The molecule has 27 heavy (non-hydrogen) atoms. The van der Waals surface area contributed by atoms with Crippen LogP contribution in [-0.2, 0) is 4.79 Å². The molecule has 1 atom stereocenters. The highest BCUT2D eigenvalue weighted by Gasteiger charge is 2.21. The van der Waals surface area contributed by atoms with Gasteiger partial charge in [0.2, 0.25) is 5.91 Å². The number of hydrogen-bond donors (Lipinski definition) is 2. The molecule has 0 radical (unpaired) electrons. The summed E-state index contributed by atoms with van der Waals surface area (Å²) in [6.07, 6.45) is 4.49. The summed E-state index contributed by atoms with van der Waals surface area (Å²) in [6.45, 7) is 6.45. The van der Waals surface area contributed by atoms with E-state index >= 15 is 0 Å². The number of para-hydroxylation sites is 1. The summed E-state index contributed by atoms with van der Waals surface area (Å²) in [6, 6.07) is 17.9. The van der Waals surface area contributed by atoms with Crippen molar-refractivity contribution < 1.29 is 4.79 Å². The zero-order chi connectivity index (χ0) is 18.9. The Morgan fingerprint density at radius 1 is 1.15 bits per heavy atom. The molecule has 1 unspecified atom stereocenters. The molecule has 1 saturated heterocycles. The van der Waals surface area contributed by atoms with Crippen LogP contribution in [0.4, 0.5) is 5.69 Å². The number of carbonyl (C=O) groups is 1. The van der Waals surface area contributed by atoms with Crippen LogP contribution in [0, 0.1) is 0 Å². The molecule has 1 aliphatic heterocycles. The minimum absolute atomic E-state index is 0.109. The van der Waals surface area contributed by atoms with Crippen molar-refractivity contribution in [2.45, 2.75) is 23.6 Å². The minimum Gasteiger partial charge on any atom is -0.321 e. The highest BCUT2D eigenvalue weighted by molar-refractivity contribution is 8.00. The summed E-state index contributed by atoms with van der Waals surface area (Å²) in [7, 11) is 0. The Morgan fingerprint density at radius 2 is 1.85 bits per heavy atom. The lowest BCUT2D eigenvalue weighted by molar-refractivity contribution is -0.111. The number of anilines is 1. The molecule has 1 amide bonds. The molecule has 0 saturated carbocycles. The topological polar surface area (TPSA) is 44.4 Å². The average molecular weight is 382 g/mol. The van der Waals surface area contributed by atoms with Crippen LogP contribution in [0.5, 0.6) is 0 Å². The predicted octanol–water partition coefficient (Wildman–Crippen LogP) is 4.07. The number of carbonyl (C=O) groups excluding carboxylic acids is 1. The first-order valence-electron chi connectivity index (χ1n) is 9.51. The van der Waals surface area contributed by atoms with Gasteiger partial charge in [-0.25, -0.2) is 0 Å². The van der Waals surface area contributed by atoms with E-state index in [-0.39, 0.29) is 5.91 Å². The lowest BCUT2D eigenvalue weighted by Gasteiger charge is -2.34. The summed E-state index contributed by atoms with van der Waals surface area (Å²) >= 11 is 1.84. The second-order valence-corrected chi connectivity index (χ2v) is 7.72. The normalized spacial score (nSPS) is 16.3. The number of hydrogen-bond acceptors (Lipinski definition) is 4. The summed E-state index contributed by atoms with van der Waals surface area (Å²) in [4.78, 5) is 16.0. The number of benzene rings is 2. The summed E-state index contributed by atoms with van der Waals surface area (Å²) in [5.41, 5.74) is 1.89. The van der Waals surface area contributed by atoms with E-state index < -0.39 is 0 Å². The Labute approximate surface area is 166 Å². The van der Waals surface area contributed by atoms with Gasteiger partial charge in [-0.1, -0.05) is 49.4 Å². The first-order chi connectivity index (χ1) is 13.3. The molecule has 0 aliphatic carbocycles. The minimum atomic E-state index is -0.109. The molecule has 0 bridgehead atoms. The Balaban J connectivity index is 1.66. The third kappa shape index (κ3) is 5.96. The molecule has 1 fully saturated rings. The van der Waals surface area contributed by atoms with Gasteiger partial charge >= 0.3 is 0 Å². The molecule has 4 nitrogen and oxygen atoms in total. The third-order valence-electron chi connectivity index (χ3n) is 4.54. The Hall–Kier alpha value is -2.08. The Kier molecular flexibility index (Phi) is 7.51. The second-order valence-electron chi connectivity index (χ2n) is 6.50. The molecule has 0 spiro atoms. The standard InChI is InChI=1S/C22H27N3OS/c1-2-22(25-16-14-23-15-17-25)27-20-11-7-6-10-19(20)24-21(26)13-12-18-8-4-3-5-9-18/h3-13,22-23H,2,14-17H2,1H3,(H,24,26)/b13-12+. The highest BCUT2D eigenvalue weighted by atomic mass is 32.2. The van der Waals surface area contributed by atoms with Crippen LogP contribution >= 0.6 is 11.8 Å². The fraction of sp³-hybridized carbons (Fsp3) is 0.318. The quantitative estimate of drug-likeness (QED) is 0.560. The number of piperazine rings is 1. The molecule has 1 aliphatic rings. The van der Waals surface area contributed by atoms with Gasteiger partial charge in [0.25, 0.3) is 0 Å². The molecular formula is C22H27N3OS. The van der Waals surface area contributed by atoms with Crippen molar-refractivity contribution in [1.82, 2.24) is 10.2 Å². The maximum absolute atomic E-state index is 12.4. The molecule has 2 aromatic carbocycles. The van der Waals surface area contributed by atoms with E-state index in [4.69, 9.17) is 0 Å². The van der Waals surface area contributed by atoms with Gasteiger partial charge in [-0.2, -0.15) is 0 Å². The number of nitrogens with one attached hydrogen (secondary N) is 2. The molecule has 1 heterocycles. The lowest BCUT2D eigenvalue weighted by atomic mass is 10.2. The molecule has 2 N–H and O–H groups in total. The maximum Gasteiger partial charge on any atom is 0.248 e. The zero-order valence-corrected chi connectivity index (χ0v) is 16.5. The van der Waals surface area contributed by atoms with Crippen LogP contribution in [0.1, 0.15) is 18.9 Å². The van der Waals surface area contributed by atoms with Crippen molar-refractivity contribution >= 4 is 29.4 Å². The zero-order valence-electron chi connectivity index (χ0n) is 15.7. The summed E-state index contributed by atoms with van der Waals surface area (Å²) in [5.74, 6) is -0.109. The van der Waals surface area contributed by atoms with Gasteiger partial charge in [0, 0.05) is 37.2 Å². The predicted molar refractivity (Wildman–Crippen MR) is 115 cm³/mol. The van der Waals surface area contributed by atoms with E-state index in [1.165, 1.54) is 0 Å². The summed E-state index contributed by atoms with van der Waals surface area (Å²) < 4.78 is 0. The average Bonchev–Trinajstić information content (AvgIpc) is 2.73. The van der Waals surface area contributed by atoms with Gasteiger partial charge in [-0.05, 0) is 30.2 Å². The van der Waals surface area contributed by atoms with Crippen molar-refractivity contribution in [3.8, 4) is 0 Å². The van der Waals surface area contributed by atoms with Crippen LogP contribution in [0.15, 0.2) is 65.6 Å². The van der Waals surface area contributed by atoms with E-state index in [0.717, 1.165) is 48.7 Å². The maximum atomic E-state index is 12.4. The van der Waals surface area contributed by atoms with E-state index in [9.17, 15) is 4.79 Å². The molecule has 142 valence electrons. The van der Waals surface area contributed by atoms with Gasteiger partial charge in [0.05, 0.1) is 11.1 Å². The van der Waals surface area contributed by atoms with Gasteiger partial charge < -0.3 is 10.6 Å². The van der Waals surface area contributed by atoms with E-state index in [1.54, 1.807) is 6.08 Å². The van der Waals surface area contributed by atoms with Gasteiger partial charge in [-0.15, -0.1) is 11.8 Å². The molecule has 0 aromatic heterocycles. The SMILES string of the molecule is CCC(Sc1ccccc1NC(=O)/C=C/c1ccccc1)N1CCNCC1. The van der Waals surface area contributed by atoms with Crippen LogP contribution < -0.4 is 10.6 Å². The molecule has 2 aromatic rings. The van der Waals surface area contributed by atoms with Crippen molar-refractivity contribution in [3.63, 3.8) is 0 Å². The number of nitrogens with zero attached hydrogens (tertiary/aromatic N) is 1. The van der Waals surface area contributed by atoms with Crippen LogP contribution in [-0.4, -0.2) is 42.4 Å². The second kappa shape index (κ2) is 10.3. The Morgan fingerprint density at radius 3 is 2.59 bits per heavy atom. The summed E-state index contributed by atoms with van der Waals surface area (Å²) in [5, 5.41) is 6.86. The van der Waals surface area contributed by atoms with Gasteiger partial charge in [0.1, 0.15) is 0 Å². The van der Waals surface area contributed by atoms with Gasteiger partial charge in [0.15, 0.2) is 0 Å². The number of rotatable bonds is 7. The third-order valence-corrected chi connectivity index (χ3v) is 6.06. The molecule has 3 rings (SSSR count). The van der Waals surface area contributed by atoms with Crippen molar-refractivity contribution in [3.05, 3.63) is 66.2 Å². The van der Waals surface area contributed by atoms with E-state index in [2.05, 4.69) is 28.5 Å². The fourth-order valence-corrected chi connectivity index (χ4v) is 4.34. The fourth-order valence-electron chi connectivity index (χ4n) is 3.12. The van der Waals surface area contributed by atoms with Crippen molar-refractivity contribution in [2.24, 2.45) is 0 Å². The largest absolute Gasteiger partial charge is 0.321 e.